The zero-order chi connectivity index (χ0) is 29.4. The Morgan fingerprint density at radius 1 is 0.457 bits per heavy atom. The molecule has 0 atom stereocenters. The van der Waals surface area contributed by atoms with Gasteiger partial charge in [0.1, 0.15) is 11.2 Å². The van der Waals surface area contributed by atoms with E-state index in [0.29, 0.717) is 0 Å². The molecule has 0 spiro atoms. The number of carboxylic acid groups (broad SMARTS) is 6. The predicted octanol–water partition coefficient (Wildman–Crippen LogP) is -11.2. The average molecular weight is 570 g/mol. The van der Waals surface area contributed by atoms with Crippen LogP contribution >= 0.6 is 0 Å². The van der Waals surface area contributed by atoms with Crippen LogP contribution in [0, 0.1) is 0 Å². The van der Waals surface area contributed by atoms with E-state index in [0.717, 1.165) is 0 Å². The number of aliphatic hydroxyl groups is 2. The molecule has 0 aliphatic carbocycles. The molecule has 20 nitrogen and oxygen atoms in total. The fraction of sp³-hybridized carbons (Fsp3) is 0.500. The number of hydrogen-bond acceptors (Lipinski definition) is 20. The standard InChI is InChI=1S/2C6H8O7.3O2S/c2*7-3(8)1-6(13,5(11)12)2-4(9)10;3*1-3-2/h2*13H,1-2H2,(H,7,8)(H,9,10)(H,11,12);;;/q;;3*+2/p-6. The number of carboxylic acids is 6. The average Bonchev–Trinajstić information content (AvgIpc) is 2.61. The Hall–Kier alpha value is -3.41. The molecule has 0 aromatic rings. The number of rotatable bonds is 10. The number of hydrogen-bond donors (Lipinski definition) is 2. The first-order chi connectivity index (χ1) is 15.8. The molecule has 0 unspecified atom stereocenters. The third-order valence-corrected chi connectivity index (χ3v) is 2.51. The van der Waals surface area contributed by atoms with Crippen molar-refractivity contribution in [2.24, 2.45) is 0 Å². The second-order valence-electron chi connectivity index (χ2n) is 5.04. The minimum absolute atomic E-state index is 0.750. The molecule has 0 aliphatic heterocycles. The minimum atomic E-state index is -2.97. The molecule has 0 aliphatic rings. The van der Waals surface area contributed by atoms with Crippen LogP contribution in [0.2, 0.25) is 0 Å². The van der Waals surface area contributed by atoms with Gasteiger partial charge in [0.2, 0.25) is 0 Å². The summed E-state index contributed by atoms with van der Waals surface area (Å²) in [7, 11) is 0. The quantitative estimate of drug-likeness (QED) is 0.246. The summed E-state index contributed by atoms with van der Waals surface area (Å²) in [6, 6.07) is 0. The molecule has 196 valence electrons. The van der Waals surface area contributed by atoms with Crippen LogP contribution in [0.4, 0.5) is 0 Å². The van der Waals surface area contributed by atoms with Crippen LogP contribution in [0.1, 0.15) is 25.7 Å². The van der Waals surface area contributed by atoms with Crippen LogP contribution in [-0.2, 0) is 88.7 Å². The van der Waals surface area contributed by atoms with E-state index >= 15 is 0 Å². The summed E-state index contributed by atoms with van der Waals surface area (Å²) >= 11 is -2.25. The first-order valence-corrected chi connectivity index (χ1v) is 9.23. The van der Waals surface area contributed by atoms with E-state index < -0.39 is 107 Å². The van der Waals surface area contributed by atoms with Gasteiger partial charge in [-0.05, 0) is 0 Å². The zero-order valence-electron chi connectivity index (χ0n) is 16.3. The van der Waals surface area contributed by atoms with Gasteiger partial charge in [-0.1, -0.05) is 0 Å². The molecule has 0 fully saturated rings. The maximum atomic E-state index is 10.1. The van der Waals surface area contributed by atoms with Crippen molar-refractivity contribution in [3.05, 3.63) is 0 Å². The van der Waals surface area contributed by atoms with E-state index in [1.54, 1.807) is 0 Å². The van der Waals surface area contributed by atoms with Crippen LogP contribution < -0.4 is 30.6 Å². The van der Waals surface area contributed by atoms with Gasteiger partial charge in [-0.15, -0.1) is 0 Å². The molecule has 0 heterocycles. The molecule has 0 radical (unpaired) electrons. The normalized spacial score (nSPS) is 8.74. The first kappa shape index (κ1) is 41.8. The Bertz CT molecular complexity index is 733. The van der Waals surface area contributed by atoms with Gasteiger partial charge in [-0.2, -0.15) is 0 Å². The predicted molar refractivity (Wildman–Crippen MR) is 84.6 cm³/mol. The van der Waals surface area contributed by atoms with E-state index in [4.69, 9.17) is 35.5 Å². The van der Waals surface area contributed by atoms with Gasteiger partial charge in [0.25, 0.3) is 0 Å². The van der Waals surface area contributed by atoms with Crippen molar-refractivity contribution in [2.45, 2.75) is 36.9 Å². The molecule has 0 aromatic carbocycles. The molecule has 35 heavy (non-hydrogen) atoms. The van der Waals surface area contributed by atoms with Crippen LogP contribution in [-0.4, -0.2) is 57.2 Å². The van der Waals surface area contributed by atoms with Crippen LogP contribution in [0.25, 0.3) is 0 Å². The Kier molecular flexibility index (Phi) is 28.4. The van der Waals surface area contributed by atoms with Crippen LogP contribution in [0.5, 0.6) is 0 Å². The zero-order valence-corrected chi connectivity index (χ0v) is 18.7. The maximum absolute atomic E-state index is 10.1. The van der Waals surface area contributed by atoms with Crippen molar-refractivity contribution >= 4 is 70.5 Å². The van der Waals surface area contributed by atoms with Crippen LogP contribution in [0.3, 0.4) is 0 Å². The summed E-state index contributed by atoms with van der Waals surface area (Å²) in [5, 5.41) is 77.9. The van der Waals surface area contributed by atoms with Gasteiger partial charge in [0.15, 0.2) is 0 Å². The fourth-order valence-corrected chi connectivity index (χ4v) is 1.37. The van der Waals surface area contributed by atoms with E-state index in [2.05, 4.69) is 0 Å². The summed E-state index contributed by atoms with van der Waals surface area (Å²) in [5.41, 5.74) is -5.95. The van der Waals surface area contributed by atoms with Crippen molar-refractivity contribution in [3.8, 4) is 0 Å². The van der Waals surface area contributed by atoms with Crippen LogP contribution in [0.15, 0.2) is 0 Å². The van der Waals surface area contributed by atoms with Gasteiger partial charge >= 0.3 is 60.0 Å². The number of carbonyl (C=O) groups is 6. The summed E-state index contributed by atoms with van der Waals surface area (Å²) in [6.45, 7) is 0. The number of aliphatic carboxylic acids is 6. The Morgan fingerprint density at radius 2 is 0.571 bits per heavy atom. The SMILES string of the molecule is O=C([O-])CC(O)(CC(=O)[O-])C(=O)[O-].O=C([O-])CC(O)(CC(=O)[O-])C(=O)[O-].O=[S+2]=O.O=[S+2]=O.O=[S+2]=O. The molecular formula is C12H10O20S3. The molecule has 0 saturated heterocycles. The molecule has 23 heteroatoms. The van der Waals surface area contributed by atoms with Gasteiger partial charge in [0, 0.05) is 49.6 Å². The van der Waals surface area contributed by atoms with Crippen molar-refractivity contribution in [3.63, 3.8) is 0 Å². The molecule has 2 N–H and O–H groups in total. The fourth-order valence-electron chi connectivity index (χ4n) is 1.37. The van der Waals surface area contributed by atoms with E-state index in [-0.39, 0.29) is 0 Å². The number of carbonyl (C=O) groups excluding carboxylic acids is 6. The molecule has 0 bridgehead atoms. The summed E-state index contributed by atoms with van der Waals surface area (Å²) in [4.78, 5) is 60.0. The van der Waals surface area contributed by atoms with Gasteiger partial charge in [0.05, 0.1) is 11.9 Å². The first-order valence-electron chi connectivity index (χ1n) is 7.23. The second kappa shape index (κ2) is 23.7. The molecule has 0 rings (SSSR count). The Labute approximate surface area is 202 Å². The van der Waals surface area contributed by atoms with E-state index in [9.17, 15) is 59.4 Å². The third-order valence-electron chi connectivity index (χ3n) is 2.51. The van der Waals surface area contributed by atoms with Gasteiger partial charge in [-0.25, -0.2) is 0 Å². The molecule has 0 saturated carbocycles. The van der Waals surface area contributed by atoms with Gasteiger partial charge < -0.3 is 69.6 Å². The monoisotopic (exact) mass is 570 g/mol. The van der Waals surface area contributed by atoms with Crippen molar-refractivity contribution in [1.82, 2.24) is 0 Å². The summed E-state index contributed by atoms with van der Waals surface area (Å²) < 4.78 is 49.7. The van der Waals surface area contributed by atoms with E-state index in [1.165, 1.54) is 0 Å². The van der Waals surface area contributed by atoms with Crippen molar-refractivity contribution in [2.75, 3.05) is 0 Å². The summed E-state index contributed by atoms with van der Waals surface area (Å²) in [5.74, 6) is -12.0. The van der Waals surface area contributed by atoms with E-state index in [1.807, 2.05) is 0 Å². The van der Waals surface area contributed by atoms with Crippen molar-refractivity contribution in [1.29, 1.82) is 0 Å². The third kappa shape index (κ3) is 30.6. The molecule has 0 amide bonds. The van der Waals surface area contributed by atoms with Crippen molar-refractivity contribution < 1.29 is 94.9 Å². The Balaban J connectivity index is -0.000000128. The summed E-state index contributed by atoms with van der Waals surface area (Å²) in [6.07, 6.45) is -5.43. The second-order valence-corrected chi connectivity index (χ2v) is 5.45. The van der Waals surface area contributed by atoms with Gasteiger partial charge in [-0.3, -0.25) is 0 Å². The molecular weight excluding hydrogens is 560 g/mol. The molecule has 0 aromatic heterocycles. The Morgan fingerprint density at radius 3 is 0.629 bits per heavy atom. The topological polar surface area (TPSA) is 384 Å².